The molecule has 3 N–H and O–H groups in total. The van der Waals surface area contributed by atoms with E-state index in [9.17, 15) is 9.59 Å². The minimum Gasteiger partial charge on any atom is -0.481 e. The lowest BCUT2D eigenvalue weighted by Gasteiger charge is -2.06. The van der Waals surface area contributed by atoms with Gasteiger partial charge in [-0.3, -0.25) is 9.59 Å². The number of carbonyl (C=O) groups excluding carboxylic acids is 1. The molecule has 0 aromatic heterocycles. The zero-order valence-electron chi connectivity index (χ0n) is 12.5. The molecule has 122 valence electrons. The summed E-state index contributed by atoms with van der Waals surface area (Å²) >= 11 is 5.94. The number of anilines is 1. The average Bonchev–Trinajstić information content (AvgIpc) is 2.52. The molecule has 0 saturated heterocycles. The third-order valence-corrected chi connectivity index (χ3v) is 3.27. The van der Waals surface area contributed by atoms with Crippen molar-refractivity contribution in [3.05, 3.63) is 41.1 Å². The smallest absolute Gasteiger partial charge is 0.303 e. The fourth-order valence-electron chi connectivity index (χ4n) is 1.76. The van der Waals surface area contributed by atoms with Gasteiger partial charge < -0.3 is 15.7 Å². The molecular formula is C16H18ClN3O3. The Morgan fingerprint density at radius 3 is 2.65 bits per heavy atom. The van der Waals surface area contributed by atoms with Crippen molar-refractivity contribution < 1.29 is 14.7 Å². The largest absolute Gasteiger partial charge is 0.481 e. The van der Waals surface area contributed by atoms with Gasteiger partial charge in [-0.15, -0.1) is 0 Å². The second kappa shape index (κ2) is 10.2. The third-order valence-electron chi connectivity index (χ3n) is 2.95. The first kappa shape index (κ1) is 18.5. The van der Waals surface area contributed by atoms with Crippen LogP contribution in [0.15, 0.2) is 36.0 Å². The average molecular weight is 336 g/mol. The second-order valence-electron chi connectivity index (χ2n) is 4.76. The molecule has 0 fully saturated rings. The van der Waals surface area contributed by atoms with Crippen LogP contribution < -0.4 is 10.6 Å². The van der Waals surface area contributed by atoms with E-state index in [1.165, 1.54) is 6.20 Å². The number of carboxylic acid groups (broad SMARTS) is 1. The van der Waals surface area contributed by atoms with Gasteiger partial charge in [0, 0.05) is 19.2 Å². The van der Waals surface area contributed by atoms with Gasteiger partial charge in [0.05, 0.1) is 10.7 Å². The van der Waals surface area contributed by atoms with E-state index in [1.807, 2.05) is 6.07 Å². The Kier molecular flexibility index (Phi) is 8.25. The van der Waals surface area contributed by atoms with Crippen LogP contribution in [-0.4, -0.2) is 23.5 Å². The Balaban J connectivity index is 2.40. The summed E-state index contributed by atoms with van der Waals surface area (Å²) in [6, 6.07) is 8.58. The molecule has 1 amide bonds. The maximum Gasteiger partial charge on any atom is 0.303 e. The van der Waals surface area contributed by atoms with Crippen molar-refractivity contribution in [3.8, 4) is 6.07 Å². The number of nitrogens with zero attached hydrogens (tertiary/aromatic N) is 1. The Hall–Kier alpha value is -2.52. The lowest BCUT2D eigenvalue weighted by atomic mass is 10.2. The van der Waals surface area contributed by atoms with Crippen LogP contribution in [0.3, 0.4) is 0 Å². The number of carbonyl (C=O) groups is 2. The van der Waals surface area contributed by atoms with Crippen LogP contribution in [0, 0.1) is 11.3 Å². The van der Waals surface area contributed by atoms with E-state index in [2.05, 4.69) is 10.6 Å². The molecule has 7 heteroatoms. The first-order valence-corrected chi connectivity index (χ1v) is 7.53. The van der Waals surface area contributed by atoms with Gasteiger partial charge in [-0.05, 0) is 25.0 Å². The zero-order chi connectivity index (χ0) is 17.1. The molecule has 0 aliphatic carbocycles. The Labute approximate surface area is 139 Å². The topological polar surface area (TPSA) is 102 Å². The monoisotopic (exact) mass is 335 g/mol. The maximum absolute atomic E-state index is 12.0. The minimum absolute atomic E-state index is 0.0598. The van der Waals surface area contributed by atoms with Crippen LogP contribution in [0.1, 0.15) is 25.7 Å². The Bertz CT molecular complexity index is 623. The number of hydrogen-bond donors (Lipinski definition) is 3. The molecule has 0 saturated carbocycles. The molecule has 6 nitrogen and oxygen atoms in total. The molecule has 0 radical (unpaired) electrons. The molecule has 0 atom stereocenters. The van der Waals surface area contributed by atoms with E-state index in [0.717, 1.165) is 12.8 Å². The number of benzene rings is 1. The molecule has 0 spiro atoms. The minimum atomic E-state index is -0.805. The summed E-state index contributed by atoms with van der Waals surface area (Å²) in [5.74, 6) is -1.35. The van der Waals surface area contributed by atoms with Gasteiger partial charge in [0.1, 0.15) is 11.6 Å². The van der Waals surface area contributed by atoms with Gasteiger partial charge in [0.25, 0.3) is 5.91 Å². The summed E-state index contributed by atoms with van der Waals surface area (Å²) in [6.45, 7) is 0.560. The van der Waals surface area contributed by atoms with Gasteiger partial charge in [-0.1, -0.05) is 30.2 Å². The molecule has 1 aromatic rings. The summed E-state index contributed by atoms with van der Waals surface area (Å²) in [5.41, 5.74) is 0.379. The van der Waals surface area contributed by atoms with Crippen LogP contribution in [0.5, 0.6) is 0 Å². The number of rotatable bonds is 9. The highest BCUT2D eigenvalue weighted by Crippen LogP contribution is 2.20. The molecule has 0 heterocycles. The van der Waals surface area contributed by atoms with Gasteiger partial charge in [-0.2, -0.15) is 5.26 Å². The molecule has 0 bridgehead atoms. The van der Waals surface area contributed by atoms with Gasteiger partial charge in [0.2, 0.25) is 0 Å². The fourth-order valence-corrected chi connectivity index (χ4v) is 1.94. The molecular weight excluding hydrogens is 318 g/mol. The second-order valence-corrected chi connectivity index (χ2v) is 5.17. The van der Waals surface area contributed by atoms with Crippen molar-refractivity contribution in [1.29, 1.82) is 5.26 Å². The standard InChI is InChI=1S/C16H18ClN3O3/c17-13-6-3-4-7-14(13)20-16(23)12(10-18)11-19-9-5-1-2-8-15(21)22/h3-4,6-7,11,19H,1-2,5,8-9H2,(H,20,23)(H,21,22)/b12-11-. The van der Waals surface area contributed by atoms with Crippen molar-refractivity contribution in [2.75, 3.05) is 11.9 Å². The quantitative estimate of drug-likeness (QED) is 0.366. The summed E-state index contributed by atoms with van der Waals surface area (Å²) in [5, 5.41) is 23.4. The fraction of sp³-hybridized carbons (Fsp3) is 0.312. The van der Waals surface area contributed by atoms with Crippen molar-refractivity contribution in [2.24, 2.45) is 0 Å². The molecule has 0 unspecified atom stereocenters. The van der Waals surface area contributed by atoms with E-state index in [4.69, 9.17) is 22.0 Å². The van der Waals surface area contributed by atoms with Crippen LogP contribution in [0.25, 0.3) is 0 Å². The van der Waals surface area contributed by atoms with Crippen LogP contribution in [0.2, 0.25) is 5.02 Å². The van der Waals surface area contributed by atoms with E-state index in [-0.39, 0.29) is 12.0 Å². The number of nitrogens with one attached hydrogen (secondary N) is 2. The van der Waals surface area contributed by atoms with Gasteiger partial charge >= 0.3 is 5.97 Å². The molecule has 1 rings (SSSR count). The number of aliphatic carboxylic acids is 1. The number of halogens is 1. The summed E-state index contributed by atoms with van der Waals surface area (Å²) in [6.07, 6.45) is 3.64. The third kappa shape index (κ3) is 7.34. The number of unbranched alkanes of at least 4 members (excludes halogenated alkanes) is 2. The predicted molar refractivity (Wildman–Crippen MR) is 87.9 cm³/mol. The molecule has 0 aliphatic rings. The van der Waals surface area contributed by atoms with E-state index in [1.54, 1.807) is 24.3 Å². The van der Waals surface area contributed by atoms with Gasteiger partial charge in [-0.25, -0.2) is 0 Å². The molecule has 0 aliphatic heterocycles. The lowest BCUT2D eigenvalue weighted by molar-refractivity contribution is -0.137. The predicted octanol–water partition coefficient (Wildman–Crippen LogP) is 2.92. The highest BCUT2D eigenvalue weighted by atomic mass is 35.5. The van der Waals surface area contributed by atoms with Crippen LogP contribution in [-0.2, 0) is 9.59 Å². The number of carboxylic acids is 1. The highest BCUT2D eigenvalue weighted by Gasteiger charge is 2.10. The Morgan fingerprint density at radius 1 is 1.26 bits per heavy atom. The first-order valence-electron chi connectivity index (χ1n) is 7.16. The summed E-state index contributed by atoms with van der Waals surface area (Å²) < 4.78 is 0. The number of amides is 1. The van der Waals surface area contributed by atoms with E-state index in [0.29, 0.717) is 23.7 Å². The van der Waals surface area contributed by atoms with Crippen LogP contribution in [0.4, 0.5) is 5.69 Å². The number of hydrogen-bond acceptors (Lipinski definition) is 4. The zero-order valence-corrected chi connectivity index (χ0v) is 13.3. The summed E-state index contributed by atoms with van der Waals surface area (Å²) in [4.78, 5) is 22.3. The van der Waals surface area contributed by atoms with Gasteiger partial charge in [0.15, 0.2) is 0 Å². The van der Waals surface area contributed by atoms with Crippen molar-refractivity contribution in [2.45, 2.75) is 25.7 Å². The van der Waals surface area contributed by atoms with Crippen molar-refractivity contribution in [3.63, 3.8) is 0 Å². The summed E-state index contributed by atoms with van der Waals surface area (Å²) in [7, 11) is 0. The maximum atomic E-state index is 12.0. The van der Waals surface area contributed by atoms with Crippen molar-refractivity contribution in [1.82, 2.24) is 5.32 Å². The lowest BCUT2D eigenvalue weighted by Crippen LogP contribution is -2.17. The van der Waals surface area contributed by atoms with E-state index >= 15 is 0 Å². The highest BCUT2D eigenvalue weighted by molar-refractivity contribution is 6.33. The number of para-hydroxylation sites is 1. The normalized spacial score (nSPS) is 10.7. The van der Waals surface area contributed by atoms with E-state index < -0.39 is 11.9 Å². The SMILES string of the molecule is N#C/C(=C/NCCCCCC(=O)O)C(=O)Nc1ccccc1Cl. The first-order chi connectivity index (χ1) is 11.0. The van der Waals surface area contributed by atoms with Crippen LogP contribution >= 0.6 is 11.6 Å². The van der Waals surface area contributed by atoms with Crippen molar-refractivity contribution >= 4 is 29.2 Å². The Morgan fingerprint density at radius 2 is 2.00 bits per heavy atom. The molecule has 1 aromatic carbocycles. The number of nitriles is 1. The molecule has 23 heavy (non-hydrogen) atoms.